The Bertz CT molecular complexity index is 43.0. The monoisotopic (exact) mass is 197 g/mol. The van der Waals surface area contributed by atoms with Crippen LogP contribution in [0.4, 0.5) is 0 Å². The van der Waals surface area contributed by atoms with Crippen LogP contribution in [0.1, 0.15) is 84.5 Å². The van der Waals surface area contributed by atoms with E-state index >= 15 is 0 Å². The molecule has 3 fully saturated rings. The predicted molar refractivity (Wildman–Crippen MR) is 66.4 cm³/mol. The molecule has 0 amide bonds. The zero-order valence-corrected chi connectivity index (χ0v) is 10.4. The molecule has 0 heteroatoms. The molecule has 0 aromatic carbocycles. The zero-order chi connectivity index (χ0) is 10.5. The normalized spacial score (nSPS) is 20.4. The lowest BCUT2D eigenvalue weighted by Crippen LogP contribution is -1.87. The van der Waals surface area contributed by atoms with E-state index < -0.39 is 0 Å². The molecule has 0 heterocycles. The summed E-state index contributed by atoms with van der Waals surface area (Å²) in [5, 5.41) is 0. The third-order valence-electron chi connectivity index (χ3n) is 2.82. The predicted octanol–water partition coefficient (Wildman–Crippen LogP) is 5.52. The van der Waals surface area contributed by atoms with E-state index in [-0.39, 0.29) is 0 Å². The highest BCUT2D eigenvalue weighted by Gasteiger charge is 2.07. The van der Waals surface area contributed by atoms with Crippen LogP contribution < -0.4 is 0 Å². The van der Waals surface area contributed by atoms with Gasteiger partial charge in [0.25, 0.3) is 0 Å². The molecule has 0 N–H and O–H groups in total. The molecule has 0 bridgehead atoms. The molecule has 3 saturated carbocycles. The molecule has 0 spiro atoms. The van der Waals surface area contributed by atoms with Gasteiger partial charge in [0.05, 0.1) is 19.3 Å². The van der Waals surface area contributed by atoms with E-state index in [0.717, 1.165) is 0 Å². The Morgan fingerprint density at radius 3 is 0.643 bits per heavy atom. The summed E-state index contributed by atoms with van der Waals surface area (Å²) in [6.07, 6.45) is 18.5. The molecular weight excluding hydrogens is 168 g/mol. The maximum Gasteiger partial charge on any atom is 0.0916 e. The van der Waals surface area contributed by atoms with Crippen molar-refractivity contribution in [3.63, 3.8) is 0 Å². The Balaban J connectivity index is 0.000000167. The average Bonchev–Trinajstić information content (AvgIpc) is 1.77. The van der Waals surface area contributed by atoms with Crippen molar-refractivity contribution in [1.82, 2.24) is 0 Å². The molecule has 0 radical (unpaired) electrons. The van der Waals surface area contributed by atoms with Crippen LogP contribution in [0.3, 0.4) is 0 Å². The number of hydrogen-bond donors (Lipinski definition) is 0. The lowest BCUT2D eigenvalue weighted by molar-refractivity contribution is 0.504. The van der Waals surface area contributed by atoms with Crippen LogP contribution in [-0.2, 0) is 0 Å². The minimum absolute atomic E-state index is 1.38. The second-order valence-corrected chi connectivity index (χ2v) is 4.05. The second kappa shape index (κ2) is 12.9. The number of rotatable bonds is 0. The molecule has 0 aromatic heterocycles. The molecule has 0 unspecified atom stereocenters. The molecule has 3 aliphatic rings. The van der Waals surface area contributed by atoms with Gasteiger partial charge in [0.2, 0.25) is 0 Å². The van der Waals surface area contributed by atoms with Crippen molar-refractivity contribution in [1.29, 1.82) is 0 Å². The Hall–Kier alpha value is -0.130. The summed E-state index contributed by atoms with van der Waals surface area (Å²) in [6, 6.07) is 0. The third-order valence-corrected chi connectivity index (χ3v) is 2.82. The van der Waals surface area contributed by atoms with Gasteiger partial charge in [-0.25, -0.2) is 0 Å². The Labute approximate surface area is 91.5 Å². The van der Waals surface area contributed by atoms with Crippen molar-refractivity contribution in [3.8, 4) is 0 Å². The lowest BCUT2D eigenvalue weighted by atomic mass is 10.0. The van der Waals surface area contributed by atoms with E-state index in [2.05, 4.69) is 6.42 Å². The first-order valence-electron chi connectivity index (χ1n) is 6.82. The van der Waals surface area contributed by atoms with Gasteiger partial charge in [-0.05, 0) is 0 Å². The van der Waals surface area contributed by atoms with Crippen molar-refractivity contribution in [2.24, 2.45) is 0 Å². The minimum Gasteiger partial charge on any atom is -0.0683 e. The number of hydrogen-bond acceptors (Lipinski definition) is 0. The quantitative estimate of drug-likeness (QED) is 0.448. The Kier molecular flexibility index (Phi) is 12.8. The van der Waals surface area contributed by atoms with Crippen molar-refractivity contribution in [3.05, 3.63) is 6.42 Å². The van der Waals surface area contributed by atoms with Gasteiger partial charge in [-0.2, -0.15) is 0 Å². The van der Waals surface area contributed by atoms with Crippen LogP contribution in [0.2, 0.25) is 0 Å². The zero-order valence-electron chi connectivity index (χ0n) is 10.4. The molecular formula is C14H29+. The van der Waals surface area contributed by atoms with Crippen molar-refractivity contribution < 1.29 is 0 Å². The minimum atomic E-state index is 1.38. The fourth-order valence-electron chi connectivity index (χ4n) is 0.704. The fourth-order valence-corrected chi connectivity index (χ4v) is 0.704. The topological polar surface area (TPSA) is 0 Å². The third kappa shape index (κ3) is 9.95. The van der Waals surface area contributed by atoms with Crippen LogP contribution in [0.15, 0.2) is 0 Å². The van der Waals surface area contributed by atoms with Gasteiger partial charge in [-0.1, -0.05) is 65.2 Å². The highest BCUT2D eigenvalue weighted by atomic mass is 14.0. The molecule has 0 aromatic rings. The van der Waals surface area contributed by atoms with Crippen LogP contribution >= 0.6 is 0 Å². The van der Waals surface area contributed by atoms with Gasteiger partial charge in [0, 0.05) is 6.42 Å². The summed E-state index contributed by atoms with van der Waals surface area (Å²) < 4.78 is 0. The maximum absolute atomic E-state index is 2.31. The first-order valence-corrected chi connectivity index (χ1v) is 6.82. The van der Waals surface area contributed by atoms with E-state index in [4.69, 9.17) is 0 Å². The molecule has 0 nitrogen and oxygen atoms in total. The molecule has 0 saturated heterocycles. The first kappa shape index (κ1) is 13.9. The molecule has 0 aliphatic heterocycles. The molecule has 0 atom stereocenters. The van der Waals surface area contributed by atoms with E-state index in [1.165, 1.54) is 70.6 Å². The van der Waals surface area contributed by atoms with Crippen molar-refractivity contribution in [2.75, 3.05) is 0 Å². The van der Waals surface area contributed by atoms with Crippen molar-refractivity contribution >= 4 is 0 Å². The van der Waals surface area contributed by atoms with Crippen LogP contribution in [0.5, 0.6) is 0 Å². The standard InChI is InChI=1S/2C4H8.C4H7.C2H6/c3*1-2-4-3-1;1-2/h2*1-4H2;1H,2-4H2;1-2H3/q;;+1;. The van der Waals surface area contributed by atoms with Crippen LogP contribution in [0, 0.1) is 6.42 Å². The summed E-state index contributed by atoms with van der Waals surface area (Å²) in [5.74, 6) is 0. The van der Waals surface area contributed by atoms with Gasteiger partial charge in [-0.3, -0.25) is 0 Å². The first-order chi connectivity index (χ1) is 7.00. The second-order valence-electron chi connectivity index (χ2n) is 4.05. The summed E-state index contributed by atoms with van der Waals surface area (Å²) in [7, 11) is 0. The lowest BCUT2D eigenvalue weighted by Gasteiger charge is -2.05. The van der Waals surface area contributed by atoms with Gasteiger partial charge in [-0.15, -0.1) is 0 Å². The van der Waals surface area contributed by atoms with E-state index in [9.17, 15) is 0 Å². The van der Waals surface area contributed by atoms with Crippen molar-refractivity contribution in [2.45, 2.75) is 84.5 Å². The van der Waals surface area contributed by atoms with E-state index in [1.54, 1.807) is 0 Å². The highest BCUT2D eigenvalue weighted by molar-refractivity contribution is 4.74. The summed E-state index contributed by atoms with van der Waals surface area (Å²) in [5.41, 5.74) is 0. The summed E-state index contributed by atoms with van der Waals surface area (Å²) in [4.78, 5) is 0. The Morgan fingerprint density at radius 2 is 0.643 bits per heavy atom. The molecule has 14 heavy (non-hydrogen) atoms. The SMILES string of the molecule is C1CCC1.C1CCC1.CC.[CH+]1CCC1. The van der Waals surface area contributed by atoms with Crippen LogP contribution in [-0.4, -0.2) is 0 Å². The van der Waals surface area contributed by atoms with Crippen LogP contribution in [0.25, 0.3) is 0 Å². The molecule has 3 aliphatic carbocycles. The smallest absolute Gasteiger partial charge is 0.0683 e. The van der Waals surface area contributed by atoms with Gasteiger partial charge < -0.3 is 0 Å². The summed E-state index contributed by atoms with van der Waals surface area (Å²) >= 11 is 0. The largest absolute Gasteiger partial charge is 0.0916 e. The van der Waals surface area contributed by atoms with Gasteiger partial charge in [0.15, 0.2) is 0 Å². The maximum atomic E-state index is 2.31. The van der Waals surface area contributed by atoms with Gasteiger partial charge >= 0.3 is 0 Å². The highest BCUT2D eigenvalue weighted by Crippen LogP contribution is 2.15. The Morgan fingerprint density at radius 1 is 0.500 bits per heavy atom. The summed E-state index contributed by atoms with van der Waals surface area (Å²) in [6.45, 7) is 4.00. The molecule has 84 valence electrons. The fraction of sp³-hybridized carbons (Fsp3) is 0.929. The molecule has 3 rings (SSSR count). The van der Waals surface area contributed by atoms with Gasteiger partial charge in [0.1, 0.15) is 0 Å². The average molecular weight is 197 g/mol. The van der Waals surface area contributed by atoms with E-state index in [1.807, 2.05) is 13.8 Å². The van der Waals surface area contributed by atoms with E-state index in [0.29, 0.717) is 0 Å².